The maximum Gasteiger partial charge on any atom is 0.204 e. The molecule has 22 heavy (non-hydrogen) atoms. The van der Waals surface area contributed by atoms with Gasteiger partial charge in [0.1, 0.15) is 34.7 Å². The molecule has 0 saturated carbocycles. The zero-order chi connectivity index (χ0) is 15.9. The zero-order valence-corrected chi connectivity index (χ0v) is 12.2. The standard InChI is InChI=1S/C17H14O5/c1-9-3-4-12-14(5-9)22-15-7-11(21-8-10(2)18)6-13(19)16(15)17(12)20/h3-7,19H,8H2,1-2H3. The number of hydrogen-bond acceptors (Lipinski definition) is 5. The Hall–Kier alpha value is -2.82. The normalized spacial score (nSPS) is 11.0. The summed E-state index contributed by atoms with van der Waals surface area (Å²) in [5, 5.41) is 10.6. The van der Waals surface area contributed by atoms with Gasteiger partial charge in [-0.2, -0.15) is 0 Å². The number of fused-ring (bicyclic) bond motifs is 2. The lowest BCUT2D eigenvalue weighted by atomic mass is 10.1. The van der Waals surface area contributed by atoms with E-state index in [0.29, 0.717) is 11.0 Å². The Bertz CT molecular complexity index is 953. The molecule has 5 heteroatoms. The van der Waals surface area contributed by atoms with Crippen LogP contribution in [0.15, 0.2) is 39.5 Å². The summed E-state index contributed by atoms with van der Waals surface area (Å²) in [7, 11) is 0. The van der Waals surface area contributed by atoms with Crippen molar-refractivity contribution in [2.45, 2.75) is 13.8 Å². The molecule has 112 valence electrons. The summed E-state index contributed by atoms with van der Waals surface area (Å²) < 4.78 is 11.0. The molecule has 1 N–H and O–H groups in total. The van der Waals surface area contributed by atoms with E-state index in [-0.39, 0.29) is 40.3 Å². The second-order valence-corrected chi connectivity index (χ2v) is 5.24. The van der Waals surface area contributed by atoms with Gasteiger partial charge in [-0.05, 0) is 31.5 Å². The van der Waals surface area contributed by atoms with Gasteiger partial charge in [0.15, 0.2) is 5.78 Å². The Balaban J connectivity index is 2.26. The third kappa shape index (κ3) is 2.41. The molecule has 3 aromatic rings. The maximum absolute atomic E-state index is 12.5. The fourth-order valence-electron chi connectivity index (χ4n) is 2.31. The number of phenolic OH excluding ortho intramolecular Hbond substituents is 1. The number of aryl methyl sites for hydroxylation is 1. The van der Waals surface area contributed by atoms with E-state index in [0.717, 1.165) is 5.56 Å². The summed E-state index contributed by atoms with van der Waals surface area (Å²) in [6, 6.07) is 8.06. The van der Waals surface area contributed by atoms with E-state index in [1.807, 2.05) is 13.0 Å². The first kappa shape index (κ1) is 14.1. The number of rotatable bonds is 3. The number of ketones is 1. The number of ether oxygens (including phenoxy) is 1. The van der Waals surface area contributed by atoms with Crippen LogP contribution < -0.4 is 10.2 Å². The molecule has 3 rings (SSSR count). The van der Waals surface area contributed by atoms with Crippen LogP contribution in [-0.4, -0.2) is 17.5 Å². The number of aromatic hydroxyl groups is 1. The first-order valence-corrected chi connectivity index (χ1v) is 6.78. The van der Waals surface area contributed by atoms with Crippen LogP contribution >= 0.6 is 0 Å². The van der Waals surface area contributed by atoms with Crippen molar-refractivity contribution in [3.63, 3.8) is 0 Å². The molecule has 2 aromatic carbocycles. The second-order valence-electron chi connectivity index (χ2n) is 5.24. The van der Waals surface area contributed by atoms with Gasteiger partial charge in [0.25, 0.3) is 0 Å². The lowest BCUT2D eigenvalue weighted by molar-refractivity contribution is -0.118. The van der Waals surface area contributed by atoms with Gasteiger partial charge in [-0.3, -0.25) is 9.59 Å². The molecule has 0 saturated heterocycles. The second kappa shape index (κ2) is 5.18. The molecule has 5 nitrogen and oxygen atoms in total. The monoisotopic (exact) mass is 298 g/mol. The van der Waals surface area contributed by atoms with Crippen LogP contribution in [0.25, 0.3) is 21.9 Å². The van der Waals surface area contributed by atoms with E-state index in [9.17, 15) is 14.7 Å². The summed E-state index contributed by atoms with van der Waals surface area (Å²) >= 11 is 0. The van der Waals surface area contributed by atoms with Gasteiger partial charge in [0.2, 0.25) is 5.43 Å². The Kier molecular flexibility index (Phi) is 3.33. The van der Waals surface area contributed by atoms with Crippen LogP contribution in [0.2, 0.25) is 0 Å². The van der Waals surface area contributed by atoms with Crippen LogP contribution in [0, 0.1) is 6.92 Å². The van der Waals surface area contributed by atoms with Gasteiger partial charge < -0.3 is 14.3 Å². The van der Waals surface area contributed by atoms with Crippen molar-refractivity contribution in [2.24, 2.45) is 0 Å². The van der Waals surface area contributed by atoms with Gasteiger partial charge in [-0.25, -0.2) is 0 Å². The Morgan fingerprint density at radius 3 is 2.73 bits per heavy atom. The zero-order valence-electron chi connectivity index (χ0n) is 12.2. The molecule has 0 radical (unpaired) electrons. The quantitative estimate of drug-likeness (QED) is 0.752. The predicted octanol–water partition coefficient (Wildman–Crippen LogP) is 2.93. The van der Waals surface area contributed by atoms with E-state index in [1.165, 1.54) is 19.1 Å². The SMILES string of the molecule is CC(=O)COc1cc(O)c2c(=O)c3ccc(C)cc3oc2c1. The third-order valence-electron chi connectivity index (χ3n) is 3.33. The van der Waals surface area contributed by atoms with Crippen molar-refractivity contribution in [1.82, 2.24) is 0 Å². The minimum Gasteiger partial charge on any atom is -0.507 e. The van der Waals surface area contributed by atoms with E-state index in [2.05, 4.69) is 0 Å². The van der Waals surface area contributed by atoms with Gasteiger partial charge >= 0.3 is 0 Å². The van der Waals surface area contributed by atoms with E-state index in [1.54, 1.807) is 12.1 Å². The maximum atomic E-state index is 12.5. The number of phenols is 1. The van der Waals surface area contributed by atoms with Crippen LogP contribution in [0.1, 0.15) is 12.5 Å². The molecule has 0 aliphatic heterocycles. The molecule has 0 aliphatic carbocycles. The molecule has 0 unspecified atom stereocenters. The summed E-state index contributed by atoms with van der Waals surface area (Å²) in [5.41, 5.74) is 1.33. The fraction of sp³-hybridized carbons (Fsp3) is 0.176. The predicted molar refractivity (Wildman–Crippen MR) is 82.6 cm³/mol. The smallest absolute Gasteiger partial charge is 0.204 e. The average Bonchev–Trinajstić information content (AvgIpc) is 2.44. The number of carbonyl (C=O) groups is 1. The highest BCUT2D eigenvalue weighted by Gasteiger charge is 2.14. The minimum absolute atomic E-state index is 0.103. The van der Waals surface area contributed by atoms with E-state index in [4.69, 9.17) is 9.15 Å². The molecule has 1 heterocycles. The van der Waals surface area contributed by atoms with Gasteiger partial charge in [0, 0.05) is 12.1 Å². The van der Waals surface area contributed by atoms with Crippen molar-refractivity contribution in [1.29, 1.82) is 0 Å². The number of hydrogen-bond donors (Lipinski definition) is 1. The highest BCUT2D eigenvalue weighted by Crippen LogP contribution is 2.30. The topological polar surface area (TPSA) is 76.7 Å². The average molecular weight is 298 g/mol. The van der Waals surface area contributed by atoms with Crippen molar-refractivity contribution >= 4 is 27.7 Å². The van der Waals surface area contributed by atoms with Crippen LogP contribution in [0.3, 0.4) is 0 Å². The van der Waals surface area contributed by atoms with E-state index < -0.39 is 0 Å². The first-order valence-electron chi connectivity index (χ1n) is 6.78. The summed E-state index contributed by atoms with van der Waals surface area (Å²) in [6.45, 7) is 3.19. The first-order chi connectivity index (χ1) is 10.5. The summed E-state index contributed by atoms with van der Waals surface area (Å²) in [6.07, 6.45) is 0. The van der Waals surface area contributed by atoms with Crippen LogP contribution in [-0.2, 0) is 4.79 Å². The molecule has 1 aromatic heterocycles. The summed E-state index contributed by atoms with van der Waals surface area (Å²) in [5.74, 6) is -0.0993. The van der Waals surface area contributed by atoms with Crippen molar-refractivity contribution in [3.05, 3.63) is 46.1 Å². The molecule has 0 spiro atoms. The Labute approximate surface area is 125 Å². The number of carbonyl (C=O) groups excluding carboxylic acids is 1. The Morgan fingerprint density at radius 1 is 1.23 bits per heavy atom. The molecule has 0 fully saturated rings. The largest absolute Gasteiger partial charge is 0.507 e. The molecular formula is C17H14O5. The molecule has 0 amide bonds. The number of benzene rings is 2. The lowest BCUT2D eigenvalue weighted by Crippen LogP contribution is -2.07. The van der Waals surface area contributed by atoms with Gasteiger partial charge in [-0.15, -0.1) is 0 Å². The Morgan fingerprint density at radius 2 is 2.00 bits per heavy atom. The molecule has 0 atom stereocenters. The minimum atomic E-state index is -0.299. The highest BCUT2D eigenvalue weighted by molar-refractivity contribution is 5.94. The summed E-state index contributed by atoms with van der Waals surface area (Å²) in [4.78, 5) is 23.5. The number of Topliss-reactive ketones (excluding diaryl/α,β-unsaturated/α-hetero) is 1. The van der Waals surface area contributed by atoms with Crippen LogP contribution in [0.5, 0.6) is 11.5 Å². The molecule has 0 bridgehead atoms. The molecule has 0 aliphatic rings. The highest BCUT2D eigenvalue weighted by atomic mass is 16.5. The van der Waals surface area contributed by atoms with Crippen molar-refractivity contribution in [3.8, 4) is 11.5 Å². The lowest BCUT2D eigenvalue weighted by Gasteiger charge is -2.08. The fourth-order valence-corrected chi connectivity index (χ4v) is 2.31. The molecular weight excluding hydrogens is 284 g/mol. The van der Waals surface area contributed by atoms with Gasteiger partial charge in [0.05, 0.1) is 5.39 Å². The van der Waals surface area contributed by atoms with Crippen molar-refractivity contribution < 1.29 is 19.1 Å². The van der Waals surface area contributed by atoms with Crippen LogP contribution in [0.4, 0.5) is 0 Å². The van der Waals surface area contributed by atoms with Crippen molar-refractivity contribution in [2.75, 3.05) is 6.61 Å². The van der Waals surface area contributed by atoms with Gasteiger partial charge in [-0.1, -0.05) is 6.07 Å². The third-order valence-corrected chi connectivity index (χ3v) is 3.33. The van der Waals surface area contributed by atoms with E-state index >= 15 is 0 Å².